The van der Waals surface area contributed by atoms with E-state index >= 15 is 8.78 Å². The number of halogens is 4. The van der Waals surface area contributed by atoms with Crippen LogP contribution in [-0.2, 0) is 150 Å². The summed E-state index contributed by atoms with van der Waals surface area (Å²) in [5, 5.41) is 64.8. The van der Waals surface area contributed by atoms with Crippen molar-refractivity contribution in [2.45, 2.75) is 44.1 Å². The Bertz CT molecular complexity index is 9740. The van der Waals surface area contributed by atoms with Crippen molar-refractivity contribution in [1.82, 2.24) is 179 Å². The zero-order valence-electron chi connectivity index (χ0n) is 79.7. The number of hydrogen-bond acceptors (Lipinski definition) is 40. The normalized spacial score (nSPS) is 13.0. The molecule has 0 saturated heterocycles. The van der Waals surface area contributed by atoms with Gasteiger partial charge in [-0.25, -0.2) is 38.7 Å². The number of ketones is 1. The molecule has 1 unspecified atom stereocenters. The summed E-state index contributed by atoms with van der Waals surface area (Å²) in [5.74, 6) is -7.60. The van der Waals surface area contributed by atoms with Crippen LogP contribution in [0.2, 0.25) is 0 Å². The van der Waals surface area contributed by atoms with E-state index in [0.29, 0.717) is 100 Å². The van der Waals surface area contributed by atoms with Gasteiger partial charge in [0, 0.05) is 184 Å². The zero-order chi connectivity index (χ0) is 108. The van der Waals surface area contributed by atoms with Crippen molar-refractivity contribution >= 4 is 197 Å². The summed E-state index contributed by atoms with van der Waals surface area (Å²) >= 11 is 2.20. The fraction of sp³-hybridized carbons (Fsp3) is 0.303. The Hall–Kier alpha value is -14.2. The molecule has 3 N–H and O–H groups in total. The van der Waals surface area contributed by atoms with Crippen LogP contribution < -0.4 is 22.2 Å². The fourth-order valence-electron chi connectivity index (χ4n) is 14.4. The molecule has 0 spiro atoms. The van der Waals surface area contributed by atoms with Crippen molar-refractivity contribution < 1.29 is 100 Å². The predicted octanol–water partition coefficient (Wildman–Crippen LogP) is 0.477. The number of aryl methyl sites for hydroxylation is 4. The van der Waals surface area contributed by atoms with Gasteiger partial charge >= 0.3 is 95.6 Å². The Balaban J connectivity index is 0.000000141. The number of fused-ring (bicyclic) bond motifs is 12. The molecule has 20 aromatic rings. The average Bonchev–Trinajstić information content (AvgIpc) is 1.59. The van der Waals surface area contributed by atoms with E-state index in [1.54, 1.807) is 42.5 Å². The Kier molecular flexibility index (Phi) is 28.9. The summed E-state index contributed by atoms with van der Waals surface area (Å²) in [4.78, 5) is 82.8. The topological polar surface area (TPSA) is 671 Å². The minimum atomic E-state index is -4.09. The number of rotatable bonds is 28. The first-order chi connectivity index (χ1) is 69.9. The second-order valence-electron chi connectivity index (χ2n) is 33.0. The van der Waals surface area contributed by atoms with Gasteiger partial charge < -0.3 is 23.4 Å². The van der Waals surface area contributed by atoms with Crippen LogP contribution in [0.3, 0.4) is 0 Å². The van der Waals surface area contributed by atoms with Gasteiger partial charge in [-0.1, -0.05) is 0 Å². The van der Waals surface area contributed by atoms with E-state index < -0.39 is 127 Å². The molecule has 149 heavy (non-hydrogen) atoms. The monoisotopic (exact) mass is 2300 g/mol. The van der Waals surface area contributed by atoms with Gasteiger partial charge in [-0.3, -0.25) is 34.2 Å². The summed E-state index contributed by atoms with van der Waals surface area (Å²) in [6.45, 7) is -0.0400. The number of carbonyl (C=O) groups is 1. The number of aromatic amines is 2. The number of carbonyl (C=O) groups excluding carboxylic acids is 1. The molecule has 0 aliphatic carbocycles. The maximum atomic E-state index is 15.4. The van der Waals surface area contributed by atoms with Crippen LogP contribution in [0.15, 0.2) is 142 Å². The number of H-pyrrole nitrogens is 2. The molecule has 20 heterocycles. The van der Waals surface area contributed by atoms with Gasteiger partial charge in [0.05, 0.1) is 98.2 Å². The van der Waals surface area contributed by atoms with Gasteiger partial charge in [0.25, 0.3) is 22.2 Å². The van der Waals surface area contributed by atoms with E-state index in [1.165, 1.54) is 208 Å². The van der Waals surface area contributed by atoms with E-state index in [4.69, 9.17) is 7.67 Å². The molecule has 0 bridgehead atoms. The number of hydrogen-bond donors (Lipinski definition) is 3. The van der Waals surface area contributed by atoms with Gasteiger partial charge in [-0.15, -0.1) is 45.3 Å². The summed E-state index contributed by atoms with van der Waals surface area (Å²) in [6.07, 6.45) is 14.5. The minimum absolute atomic E-state index is 0.0561. The van der Waals surface area contributed by atoms with Gasteiger partial charge in [-0.2, -0.15) is 180 Å². The number of nitrogens with one attached hydrogen (secondary N) is 2. The third kappa shape index (κ3) is 19.5. The van der Waals surface area contributed by atoms with Crippen molar-refractivity contribution in [3.8, 4) is 0 Å². The van der Waals surface area contributed by atoms with Crippen molar-refractivity contribution in [3.63, 3.8) is 0 Å². The second kappa shape index (κ2) is 40.1. The van der Waals surface area contributed by atoms with E-state index in [-0.39, 0.29) is 85.4 Å². The molecule has 20 aromatic heterocycles. The van der Waals surface area contributed by atoms with Crippen molar-refractivity contribution in [2.24, 2.45) is 28.2 Å². The third-order valence-electron chi connectivity index (χ3n) is 22.3. The average molecular weight is 2300 g/mol. The van der Waals surface area contributed by atoms with E-state index in [1.807, 2.05) is 0 Å². The molecule has 73 heteroatoms. The van der Waals surface area contributed by atoms with Crippen LogP contribution in [0, 0.1) is 0 Å². The van der Waals surface area contributed by atoms with Gasteiger partial charge in [-0.05, 0) is 48.5 Å². The number of thiazole rings is 4. The van der Waals surface area contributed by atoms with Crippen LogP contribution in [-0.4, -0.2) is 325 Å². The molecular weight excluding hydrogens is 2220 g/mol. The number of aromatic nitrogens is 32. The standard InChI is InChI=1S/C20H22F2N10O5S3.C20H24N10O6S3.C20H22N10O6S3.C16H12F2N8OS.Mn.2O/c1-27(2)39(34,35)31-8-6-12(25-31)11-30-18(33)15-13(10-23-30)16-17(29(15)5)24-19(38-16)20(21,22)14-7-9-32(26-14)40(36,37)28(3)4;2*1-25(2)38(33,34)29-8-6-12(23-29)11-28-20(32)15-13(10-21-28)17-18(27(15)5)22-19(37-17)16(31)14-7-9-30(24-14)39(35,36)26(3)4;1-25-11-9(6-21-26(14(11)27)7-8-2-4-19-23-8)12-13(25)22-15(28-12)16(17,18)10-3-5-20-24-10;;;/h6-10H,11H2,1-5H3;6-10,16,31H,11H2,1-5H3;6-10H,11H2,1-5H3;2-6H,7H2,1H3,(H,19,23)(H,20,24);;;. The Morgan fingerprint density at radius 1 is 0.396 bits per heavy atom. The number of aliphatic hydroxyl groups is 1. The summed E-state index contributed by atoms with van der Waals surface area (Å²) in [7, 11) is -0.635. The molecule has 0 saturated carbocycles. The maximum absolute atomic E-state index is 15.4. The first-order valence-electron chi connectivity index (χ1n) is 42.1. The zero-order valence-corrected chi connectivity index (χ0v) is 89.1. The molecule has 0 fully saturated rings. The molecule has 0 aliphatic heterocycles. The van der Waals surface area contributed by atoms with Crippen LogP contribution in [0.1, 0.15) is 76.5 Å². The molecule has 0 aliphatic rings. The number of alkyl halides is 4. The molecule has 20 rings (SSSR count). The second-order valence-corrected chi connectivity index (χ2v) is 49.2. The molecule has 58 nitrogen and oxygen atoms in total. The third-order valence-corrected chi connectivity index (χ3v) is 36.4. The van der Waals surface area contributed by atoms with Crippen molar-refractivity contribution in [3.05, 3.63) is 230 Å². The first-order valence-corrected chi connectivity index (χ1v) is 54.7. The van der Waals surface area contributed by atoms with Crippen LogP contribution in [0.4, 0.5) is 17.6 Å². The van der Waals surface area contributed by atoms with E-state index in [2.05, 4.69) is 91.3 Å². The summed E-state index contributed by atoms with van der Waals surface area (Å²) < 4.78 is 247. The van der Waals surface area contributed by atoms with Crippen molar-refractivity contribution in [1.29, 1.82) is 0 Å². The van der Waals surface area contributed by atoms with Crippen LogP contribution in [0.25, 0.3) is 85.0 Å². The molecule has 0 radical (unpaired) electrons. The molecule has 0 aromatic carbocycles. The summed E-state index contributed by atoms with van der Waals surface area (Å²) in [5.41, 5.74) is 1.05. The molecular formula is C76H80F4MnN38O20S10. The number of nitrogens with zero attached hydrogens (tertiary/aromatic N) is 36. The Morgan fingerprint density at radius 3 is 1.10 bits per heavy atom. The SMILES string of the molecule is CN(C)S(=O)(=O)n1ccc(Cn2ncc3c4sc(C(=O)c5ccn(S(=O)(=O)N(C)C)n5)nc4n(C)c3c2=O)n1.CN(C)S(=O)(=O)n1ccc(Cn2ncc3c4sc(C(F)(F)c5ccn(S(=O)(=O)N(C)C)n5)nc4n(C)c3c2=O)n1.CN(C)S(=O)(=O)n1ccc(Cn2ncc3c4sc(C(O)c5ccn(S(=O)(=O)N(C)C)n5)nc4n(C)c3c2=O)n1.Cn1c2nc(C(F)(F)c3ccn[nH]3)sc2c2cnn(Cc3ccn[nH]3)c(=O)c21.[O]=[Mn]=[O]. The first kappa shape index (κ1) is 108. The van der Waals surface area contributed by atoms with Gasteiger partial charge in [0.15, 0.2) is 37.6 Å². The molecule has 789 valence electrons. The predicted molar refractivity (Wildman–Crippen MR) is 522 cm³/mol. The van der Waals surface area contributed by atoms with Crippen LogP contribution >= 0.6 is 45.3 Å². The van der Waals surface area contributed by atoms with E-state index in [0.717, 1.165) is 104 Å². The van der Waals surface area contributed by atoms with Gasteiger partial charge in [0.2, 0.25) is 5.78 Å². The quantitative estimate of drug-likeness (QED) is 0.0341. The Labute approximate surface area is 857 Å². The molecule has 1 atom stereocenters. The van der Waals surface area contributed by atoms with Crippen molar-refractivity contribution in [2.75, 3.05) is 84.6 Å². The van der Waals surface area contributed by atoms with Gasteiger partial charge in [0.1, 0.15) is 50.3 Å². The fourth-order valence-corrected chi connectivity index (χ4v) is 23.3. The van der Waals surface area contributed by atoms with E-state index in [9.17, 15) is 88.4 Å². The number of aliphatic hydroxyl groups excluding tert-OH is 1. The molecule has 0 amide bonds. The Morgan fingerprint density at radius 2 is 0.718 bits per heavy atom. The summed E-state index contributed by atoms with van der Waals surface area (Å²) in [6, 6.07) is 10.9. The van der Waals surface area contributed by atoms with Crippen LogP contribution in [0.5, 0.6) is 0 Å².